The number of halogens is 6. The van der Waals surface area contributed by atoms with E-state index < -0.39 is 29.0 Å². The molecule has 3 atom stereocenters. The number of rotatable bonds is 2. The number of aliphatic hydroxyl groups excluding tert-OH is 1. The monoisotopic (exact) mass is 516 g/mol. The average Bonchev–Trinajstić information content (AvgIpc) is 3.18. The van der Waals surface area contributed by atoms with Gasteiger partial charge in [-0.1, -0.05) is 20.3 Å². The van der Waals surface area contributed by atoms with Crippen molar-refractivity contribution in [1.29, 1.82) is 0 Å². The second kappa shape index (κ2) is 13.5. The average molecular weight is 517 g/mol. The second-order valence-corrected chi connectivity index (χ2v) is 8.90. The van der Waals surface area contributed by atoms with Gasteiger partial charge in [0, 0.05) is 19.8 Å². The smallest absolute Gasteiger partial charge is 0.394 e. The Morgan fingerprint density at radius 2 is 1.51 bits per heavy atom. The number of aliphatic hydroxyl groups is 1. The number of nitrogens with two attached hydrogens (primary N) is 1. The van der Waals surface area contributed by atoms with Gasteiger partial charge in [0.1, 0.15) is 0 Å². The molecule has 5 nitrogen and oxygen atoms in total. The van der Waals surface area contributed by atoms with Crippen LogP contribution in [0.5, 0.6) is 0 Å². The Hall–Kier alpha value is -1.85. The molecule has 0 aromatic heterocycles. The number of carbonyl (C=O) groups is 1. The SMILES string of the molecule is CC1(CO)NC(=O)C12CCC(N)C2.CCC.CCOC.Cc1cc(C(F)(F)F)cc(C(F)(F)F)c1. The Morgan fingerprint density at radius 3 is 1.77 bits per heavy atom. The van der Waals surface area contributed by atoms with Gasteiger partial charge in [0.15, 0.2) is 0 Å². The number of β-lactam (4-membered cyclic amide) rings is 1. The van der Waals surface area contributed by atoms with Crippen molar-refractivity contribution in [1.82, 2.24) is 5.32 Å². The molecule has 1 spiro atoms. The first-order valence-corrected chi connectivity index (χ1v) is 11.4. The van der Waals surface area contributed by atoms with Crippen LogP contribution in [0.3, 0.4) is 0 Å². The van der Waals surface area contributed by atoms with Gasteiger partial charge in [-0.3, -0.25) is 4.79 Å². The summed E-state index contributed by atoms with van der Waals surface area (Å²) in [7, 11) is 1.68. The number of hydrogen-bond acceptors (Lipinski definition) is 4. The zero-order chi connectivity index (χ0) is 27.7. The summed E-state index contributed by atoms with van der Waals surface area (Å²) in [6, 6.07) is 1.58. The topological polar surface area (TPSA) is 84.6 Å². The molecule has 35 heavy (non-hydrogen) atoms. The van der Waals surface area contributed by atoms with Crippen LogP contribution in [0.15, 0.2) is 18.2 Å². The molecule has 4 N–H and O–H groups in total. The number of methoxy groups -OCH3 is 1. The van der Waals surface area contributed by atoms with E-state index in [1.54, 1.807) is 7.11 Å². The summed E-state index contributed by atoms with van der Waals surface area (Å²) < 4.78 is 77.6. The molecule has 1 aliphatic heterocycles. The number of hydrogen-bond donors (Lipinski definition) is 3. The van der Waals surface area contributed by atoms with E-state index in [9.17, 15) is 36.2 Å². The van der Waals surface area contributed by atoms with Gasteiger partial charge in [-0.25, -0.2) is 0 Å². The number of alkyl halides is 6. The van der Waals surface area contributed by atoms with Crippen molar-refractivity contribution in [3.05, 3.63) is 34.9 Å². The lowest BCUT2D eigenvalue weighted by Crippen LogP contribution is -2.76. The Balaban J connectivity index is 0.000000526. The van der Waals surface area contributed by atoms with Gasteiger partial charge in [-0.15, -0.1) is 0 Å². The van der Waals surface area contributed by atoms with Crippen molar-refractivity contribution in [2.45, 2.75) is 84.2 Å². The zero-order valence-corrected chi connectivity index (χ0v) is 21.2. The Kier molecular flexibility index (Phi) is 12.7. The van der Waals surface area contributed by atoms with Gasteiger partial charge in [-0.05, 0) is 63.8 Å². The van der Waals surface area contributed by atoms with Crippen LogP contribution in [0.2, 0.25) is 0 Å². The maximum Gasteiger partial charge on any atom is 0.416 e. The molecule has 1 saturated carbocycles. The molecule has 204 valence electrons. The van der Waals surface area contributed by atoms with Gasteiger partial charge in [-0.2, -0.15) is 26.3 Å². The molecule has 2 aliphatic rings. The number of aryl methyl sites for hydroxylation is 1. The van der Waals surface area contributed by atoms with Crippen LogP contribution in [0.25, 0.3) is 0 Å². The predicted octanol–water partition coefficient (Wildman–Crippen LogP) is 5.47. The lowest BCUT2D eigenvalue weighted by molar-refractivity contribution is -0.158. The fourth-order valence-electron chi connectivity index (χ4n) is 3.77. The third-order valence-corrected chi connectivity index (χ3v) is 5.77. The van der Waals surface area contributed by atoms with Crippen molar-refractivity contribution in [3.63, 3.8) is 0 Å². The largest absolute Gasteiger partial charge is 0.416 e. The third-order valence-electron chi connectivity index (χ3n) is 5.77. The molecule has 1 amide bonds. The molecular weight excluding hydrogens is 478 g/mol. The molecule has 0 radical (unpaired) electrons. The Morgan fingerprint density at radius 1 is 1.09 bits per heavy atom. The van der Waals surface area contributed by atoms with Crippen molar-refractivity contribution < 1.29 is 41.0 Å². The molecular formula is C24H38F6N2O3. The van der Waals surface area contributed by atoms with E-state index in [-0.39, 0.29) is 35.6 Å². The van der Waals surface area contributed by atoms with Crippen LogP contribution in [-0.4, -0.2) is 42.9 Å². The summed E-state index contributed by atoms with van der Waals surface area (Å²) in [4.78, 5) is 11.5. The maximum atomic E-state index is 12.2. The zero-order valence-electron chi connectivity index (χ0n) is 21.2. The first kappa shape index (κ1) is 33.1. The van der Waals surface area contributed by atoms with E-state index in [0.29, 0.717) is 12.1 Å². The number of carbonyl (C=O) groups excluding carboxylic acids is 1. The highest BCUT2D eigenvalue weighted by atomic mass is 19.4. The van der Waals surface area contributed by atoms with E-state index >= 15 is 0 Å². The minimum Gasteiger partial charge on any atom is -0.394 e. The Bertz CT molecular complexity index is 766. The van der Waals surface area contributed by atoms with Crippen molar-refractivity contribution in [3.8, 4) is 0 Å². The van der Waals surface area contributed by atoms with Crippen LogP contribution in [0.4, 0.5) is 26.3 Å². The molecule has 1 aromatic carbocycles. The molecule has 1 aliphatic carbocycles. The van der Waals surface area contributed by atoms with E-state index in [4.69, 9.17) is 5.73 Å². The Labute approximate surface area is 203 Å². The van der Waals surface area contributed by atoms with Crippen LogP contribution >= 0.6 is 0 Å². The van der Waals surface area contributed by atoms with Crippen molar-refractivity contribution in [2.75, 3.05) is 20.3 Å². The fourth-order valence-corrected chi connectivity index (χ4v) is 3.77. The minimum absolute atomic E-state index is 0.00542. The van der Waals surface area contributed by atoms with E-state index in [1.807, 2.05) is 13.8 Å². The highest BCUT2D eigenvalue weighted by Crippen LogP contribution is 2.51. The van der Waals surface area contributed by atoms with Gasteiger partial charge < -0.3 is 20.9 Å². The van der Waals surface area contributed by atoms with Crippen LogP contribution in [0, 0.1) is 12.3 Å². The number of benzene rings is 1. The number of nitrogens with one attached hydrogen (secondary N) is 1. The third kappa shape index (κ3) is 8.95. The van der Waals surface area contributed by atoms with Gasteiger partial charge in [0.2, 0.25) is 5.91 Å². The summed E-state index contributed by atoms with van der Waals surface area (Å²) >= 11 is 0. The predicted molar refractivity (Wildman–Crippen MR) is 123 cm³/mol. The molecule has 1 saturated heterocycles. The molecule has 3 rings (SSSR count). The fraction of sp³-hybridized carbons (Fsp3) is 0.708. The minimum atomic E-state index is -4.76. The summed E-state index contributed by atoms with van der Waals surface area (Å²) in [5, 5.41) is 12.0. The molecule has 11 heteroatoms. The summed E-state index contributed by atoms with van der Waals surface area (Å²) in [6.45, 7) is 10.1. The maximum absolute atomic E-state index is 12.2. The standard InChI is InChI=1S/C9H6F6.C9H16N2O2.C3H8O.C3H8/c1-5-2-6(8(10,11)12)4-7(3-5)9(13,14)15;1-8(5-12)9(7(13)11-8)3-2-6(10)4-9;1-3-4-2;1-3-2/h2-4H,1H3;6,12H,2-5,10H2,1H3,(H,11,13);3H2,1-2H3;3H2,1-2H3. The quantitative estimate of drug-likeness (QED) is 0.360. The summed E-state index contributed by atoms with van der Waals surface area (Å²) in [6.07, 6.45) is -5.84. The second-order valence-electron chi connectivity index (χ2n) is 8.90. The van der Waals surface area contributed by atoms with Crippen LogP contribution in [0.1, 0.15) is 70.1 Å². The lowest BCUT2D eigenvalue weighted by atomic mass is 9.62. The lowest BCUT2D eigenvalue weighted by Gasteiger charge is -2.54. The van der Waals surface area contributed by atoms with Gasteiger partial charge in [0.05, 0.1) is 28.7 Å². The first-order valence-electron chi connectivity index (χ1n) is 11.4. The van der Waals surface area contributed by atoms with Gasteiger partial charge in [0.25, 0.3) is 0 Å². The number of ether oxygens (including phenoxy) is 1. The first-order chi connectivity index (χ1) is 16.0. The molecule has 1 heterocycles. The normalized spacial score (nSPS) is 25.2. The molecule has 2 fully saturated rings. The van der Waals surface area contributed by atoms with Crippen LogP contribution < -0.4 is 11.1 Å². The van der Waals surface area contributed by atoms with E-state index in [0.717, 1.165) is 25.9 Å². The molecule has 3 unspecified atom stereocenters. The summed E-state index contributed by atoms with van der Waals surface area (Å²) in [5.74, 6) is 0.0667. The van der Waals surface area contributed by atoms with Crippen molar-refractivity contribution in [2.24, 2.45) is 11.1 Å². The molecule has 0 bridgehead atoms. The van der Waals surface area contributed by atoms with Crippen molar-refractivity contribution >= 4 is 5.91 Å². The molecule has 1 aromatic rings. The van der Waals surface area contributed by atoms with Gasteiger partial charge >= 0.3 is 12.4 Å². The van der Waals surface area contributed by atoms with Crippen LogP contribution in [-0.2, 0) is 21.9 Å². The highest BCUT2D eigenvalue weighted by Gasteiger charge is 2.64. The number of amides is 1. The van der Waals surface area contributed by atoms with E-state index in [1.165, 1.54) is 13.3 Å². The van der Waals surface area contributed by atoms with E-state index in [2.05, 4.69) is 23.9 Å². The summed E-state index contributed by atoms with van der Waals surface area (Å²) in [5.41, 5.74) is 2.35. The highest BCUT2D eigenvalue weighted by molar-refractivity contribution is 5.92.